The van der Waals surface area contributed by atoms with Crippen LogP contribution in [-0.4, -0.2) is 12.7 Å². The van der Waals surface area contributed by atoms with Gasteiger partial charge in [-0.15, -0.1) is 0 Å². The number of hydrogen-bond acceptors (Lipinski definition) is 1. The molecule has 0 aliphatic heterocycles. The predicted octanol–water partition coefficient (Wildman–Crippen LogP) is 9.91. The summed E-state index contributed by atoms with van der Waals surface area (Å²) in [7, 11) is 0. The van der Waals surface area contributed by atoms with E-state index in [4.69, 9.17) is 4.74 Å². The van der Waals surface area contributed by atoms with Crippen LogP contribution < -0.4 is 0 Å². The molecular weight excluding hydrogens is 414 g/mol. The van der Waals surface area contributed by atoms with Gasteiger partial charge in [-0.1, -0.05) is 76.1 Å². The fraction of sp³-hybridized carbons (Fsp3) is 0.733. The van der Waals surface area contributed by atoms with Crippen LogP contribution in [0.1, 0.15) is 127 Å². The van der Waals surface area contributed by atoms with Crippen LogP contribution in [0.25, 0.3) is 6.08 Å². The summed E-state index contributed by atoms with van der Waals surface area (Å²) in [5.74, 6) is 2.35. The van der Waals surface area contributed by atoms with E-state index in [0.717, 1.165) is 24.5 Å². The Morgan fingerprint density at radius 1 is 0.758 bits per heavy atom. The molecule has 0 bridgehead atoms. The van der Waals surface area contributed by atoms with Crippen LogP contribution in [0, 0.1) is 11.8 Å². The van der Waals surface area contributed by atoms with E-state index in [-0.39, 0.29) is 0 Å². The van der Waals surface area contributed by atoms with Crippen molar-refractivity contribution in [2.24, 2.45) is 11.8 Å². The second kappa shape index (κ2) is 14.9. The second-order valence-corrected chi connectivity index (χ2v) is 10.6. The molecule has 33 heavy (non-hydrogen) atoms. The van der Waals surface area contributed by atoms with Crippen LogP contribution in [-0.2, 0) is 4.74 Å². The van der Waals surface area contributed by atoms with Gasteiger partial charge in [0.15, 0.2) is 0 Å². The number of rotatable bonds is 13. The quantitative estimate of drug-likeness (QED) is 0.266. The summed E-state index contributed by atoms with van der Waals surface area (Å²) >= 11 is 0. The van der Waals surface area contributed by atoms with Crippen molar-refractivity contribution in [2.75, 3.05) is 6.61 Å². The second-order valence-electron chi connectivity index (χ2n) is 10.6. The summed E-state index contributed by atoms with van der Waals surface area (Å²) in [6, 6.07) is 7.76. The zero-order valence-electron chi connectivity index (χ0n) is 20.9. The van der Waals surface area contributed by atoms with Crippen molar-refractivity contribution in [2.45, 2.75) is 122 Å². The molecule has 0 unspecified atom stereocenters. The van der Waals surface area contributed by atoms with Gasteiger partial charge in [-0.25, -0.2) is 0 Å². The van der Waals surface area contributed by atoms with Crippen molar-refractivity contribution < 1.29 is 13.5 Å². The van der Waals surface area contributed by atoms with E-state index in [0.29, 0.717) is 17.6 Å². The maximum Gasteiger partial charge on any atom is 0.270 e. The Balaban J connectivity index is 1.26. The van der Waals surface area contributed by atoms with Crippen molar-refractivity contribution in [3.8, 4) is 0 Å². The van der Waals surface area contributed by atoms with Gasteiger partial charge < -0.3 is 4.74 Å². The number of benzene rings is 1. The first-order chi connectivity index (χ1) is 16.2. The molecule has 1 nitrogen and oxygen atoms in total. The third kappa shape index (κ3) is 9.51. The van der Waals surface area contributed by atoms with Gasteiger partial charge in [0.25, 0.3) is 6.08 Å². The molecule has 3 rings (SSSR count). The molecule has 186 valence electrons. The monoisotopic (exact) mass is 460 g/mol. The minimum Gasteiger partial charge on any atom is -0.378 e. The Labute approximate surface area is 201 Å². The van der Waals surface area contributed by atoms with Crippen LogP contribution in [0.5, 0.6) is 0 Å². The summed E-state index contributed by atoms with van der Waals surface area (Å²) in [6.45, 7) is 3.24. The molecule has 0 radical (unpaired) electrons. The lowest BCUT2D eigenvalue weighted by atomic mass is 9.69. The van der Waals surface area contributed by atoms with Gasteiger partial charge in [0, 0.05) is 12.7 Å². The molecule has 2 aliphatic rings. The highest BCUT2D eigenvalue weighted by Gasteiger charge is 2.31. The normalized spacial score (nSPS) is 25.7. The van der Waals surface area contributed by atoms with Crippen LogP contribution in [0.2, 0.25) is 0 Å². The highest BCUT2D eigenvalue weighted by molar-refractivity contribution is 5.50. The average Bonchev–Trinajstić information content (AvgIpc) is 2.84. The van der Waals surface area contributed by atoms with Crippen LogP contribution in [0.4, 0.5) is 8.78 Å². The summed E-state index contributed by atoms with van der Waals surface area (Å²) in [4.78, 5) is 0. The fourth-order valence-corrected chi connectivity index (χ4v) is 6.13. The molecule has 1 aromatic rings. The van der Waals surface area contributed by atoms with E-state index in [2.05, 4.69) is 19.1 Å². The van der Waals surface area contributed by atoms with Gasteiger partial charge >= 0.3 is 0 Å². The average molecular weight is 461 g/mol. The summed E-state index contributed by atoms with van der Waals surface area (Å²) < 4.78 is 31.1. The number of unbranched alkanes of at least 4 members (excludes halogenated alkanes) is 7. The van der Waals surface area contributed by atoms with Gasteiger partial charge in [0.1, 0.15) is 0 Å². The van der Waals surface area contributed by atoms with Gasteiger partial charge in [-0.2, -0.15) is 8.78 Å². The first kappa shape index (κ1) is 26.4. The Hall–Kier alpha value is -1.22. The summed E-state index contributed by atoms with van der Waals surface area (Å²) in [5.41, 5.74) is 1.91. The molecule has 1 aromatic carbocycles. The molecule has 2 fully saturated rings. The molecule has 0 heterocycles. The van der Waals surface area contributed by atoms with E-state index >= 15 is 0 Å². The van der Waals surface area contributed by atoms with E-state index in [1.165, 1.54) is 108 Å². The number of halogens is 2. The minimum absolute atomic E-state index is 0.504. The molecule has 0 saturated heterocycles. The van der Waals surface area contributed by atoms with E-state index in [1.807, 2.05) is 12.1 Å². The van der Waals surface area contributed by atoms with Crippen molar-refractivity contribution in [3.63, 3.8) is 0 Å². The molecule has 0 aromatic heterocycles. The van der Waals surface area contributed by atoms with E-state index in [1.54, 1.807) is 0 Å². The molecule has 0 atom stereocenters. The highest BCUT2D eigenvalue weighted by atomic mass is 19.3. The van der Waals surface area contributed by atoms with Gasteiger partial charge in [-0.05, 0) is 86.7 Å². The van der Waals surface area contributed by atoms with Crippen molar-refractivity contribution >= 4 is 6.08 Å². The third-order valence-corrected chi connectivity index (χ3v) is 8.19. The fourth-order valence-electron chi connectivity index (χ4n) is 6.13. The number of hydrogen-bond donors (Lipinski definition) is 0. The largest absolute Gasteiger partial charge is 0.378 e. The van der Waals surface area contributed by atoms with Crippen molar-refractivity contribution in [1.82, 2.24) is 0 Å². The smallest absolute Gasteiger partial charge is 0.270 e. The molecule has 3 heteroatoms. The molecule has 0 spiro atoms. The third-order valence-electron chi connectivity index (χ3n) is 8.19. The maximum atomic E-state index is 12.4. The first-order valence-electron chi connectivity index (χ1n) is 13.9. The highest BCUT2D eigenvalue weighted by Crippen LogP contribution is 2.43. The minimum atomic E-state index is -1.63. The first-order valence-corrected chi connectivity index (χ1v) is 13.9. The summed E-state index contributed by atoms with van der Waals surface area (Å²) in [6.07, 6.45) is 21.0. The molecule has 0 N–H and O–H groups in total. The number of ether oxygens (including phenoxy) is 1. The Morgan fingerprint density at radius 3 is 1.88 bits per heavy atom. The van der Waals surface area contributed by atoms with Crippen molar-refractivity contribution in [1.29, 1.82) is 0 Å². The Bertz CT molecular complexity index is 663. The Morgan fingerprint density at radius 2 is 1.30 bits per heavy atom. The SMILES string of the molecule is CCCCCCCCCCOC1CCC(C2CCC(c3ccc(C=C(F)F)cc3)CC2)CC1. The van der Waals surface area contributed by atoms with Crippen molar-refractivity contribution in [3.05, 3.63) is 41.5 Å². The molecule has 2 saturated carbocycles. The van der Waals surface area contributed by atoms with Gasteiger partial charge in [0.05, 0.1) is 6.10 Å². The molecule has 0 amide bonds. The van der Waals surface area contributed by atoms with Gasteiger partial charge in [0.2, 0.25) is 0 Å². The van der Waals surface area contributed by atoms with Gasteiger partial charge in [-0.3, -0.25) is 0 Å². The predicted molar refractivity (Wildman–Crippen MR) is 136 cm³/mol. The topological polar surface area (TPSA) is 9.23 Å². The van der Waals surface area contributed by atoms with E-state index in [9.17, 15) is 8.78 Å². The molecular formula is C30H46F2O. The lowest BCUT2D eigenvalue weighted by Gasteiger charge is -2.38. The standard InChI is InChI=1S/C30H46F2O/c1-2-3-4-5-6-7-8-9-22-33-29-20-18-28(19-21-29)27-16-14-26(15-17-27)25-12-10-24(11-13-25)23-30(31)32/h10-13,23,26-29H,2-9,14-22H2,1H3. The van der Waals surface area contributed by atoms with E-state index < -0.39 is 6.08 Å². The lowest BCUT2D eigenvalue weighted by molar-refractivity contribution is 0.00624. The molecule has 2 aliphatic carbocycles. The van der Waals surface area contributed by atoms with Crippen LogP contribution in [0.15, 0.2) is 30.3 Å². The maximum absolute atomic E-state index is 12.4. The van der Waals surface area contributed by atoms with Crippen LogP contribution >= 0.6 is 0 Å². The van der Waals surface area contributed by atoms with Crippen LogP contribution in [0.3, 0.4) is 0 Å². The summed E-state index contributed by atoms with van der Waals surface area (Å²) in [5, 5.41) is 0. The Kier molecular flexibility index (Phi) is 11.9. The zero-order valence-corrected chi connectivity index (χ0v) is 20.9. The zero-order chi connectivity index (χ0) is 23.3. The lowest BCUT2D eigenvalue weighted by Crippen LogP contribution is -2.28.